The molecule has 0 saturated carbocycles. The molecule has 0 radical (unpaired) electrons. The lowest BCUT2D eigenvalue weighted by Gasteiger charge is -2.34. The average Bonchev–Trinajstić information content (AvgIpc) is 3.12. The van der Waals surface area contributed by atoms with Crippen LogP contribution in [0.25, 0.3) is 22.6 Å². The van der Waals surface area contributed by atoms with Gasteiger partial charge in [0.15, 0.2) is 17.3 Å². The summed E-state index contributed by atoms with van der Waals surface area (Å²) in [7, 11) is 0. The minimum atomic E-state index is -0.275. The summed E-state index contributed by atoms with van der Waals surface area (Å²) in [6.45, 7) is 4.63. The van der Waals surface area contributed by atoms with Crippen LogP contribution in [0.1, 0.15) is 6.92 Å². The maximum Gasteiger partial charge on any atom is 0.409 e. The van der Waals surface area contributed by atoms with Crippen molar-refractivity contribution < 1.29 is 9.53 Å². The van der Waals surface area contributed by atoms with E-state index in [0.29, 0.717) is 55.9 Å². The molecule has 1 aromatic carbocycles. The van der Waals surface area contributed by atoms with E-state index in [0.717, 1.165) is 11.0 Å². The molecular weight excluding hydrogens is 346 g/mol. The van der Waals surface area contributed by atoms with Crippen LogP contribution in [-0.4, -0.2) is 63.7 Å². The average molecular weight is 367 g/mol. The summed E-state index contributed by atoms with van der Waals surface area (Å²) in [6, 6.07) is 7.76. The highest BCUT2D eigenvalue weighted by molar-refractivity contribution is 5.80. The number of imidazole rings is 1. The van der Waals surface area contributed by atoms with E-state index in [-0.39, 0.29) is 6.09 Å². The molecular formula is C18H21N7O2. The van der Waals surface area contributed by atoms with Crippen molar-refractivity contribution in [1.82, 2.24) is 24.8 Å². The molecule has 0 aliphatic carbocycles. The second-order valence-corrected chi connectivity index (χ2v) is 6.24. The zero-order valence-electron chi connectivity index (χ0n) is 15.1. The van der Waals surface area contributed by atoms with Gasteiger partial charge in [0.2, 0.25) is 0 Å². The Labute approximate surface area is 156 Å². The predicted molar refractivity (Wildman–Crippen MR) is 102 cm³/mol. The predicted octanol–water partition coefficient (Wildman–Crippen LogP) is 1.88. The number of carbonyl (C=O) groups excluding carboxylic acids is 1. The van der Waals surface area contributed by atoms with Crippen molar-refractivity contribution in [1.29, 1.82) is 0 Å². The van der Waals surface area contributed by atoms with Crippen LogP contribution in [0.2, 0.25) is 0 Å². The Morgan fingerprint density at radius 2 is 2.00 bits per heavy atom. The number of hydrogen-bond acceptors (Lipinski definition) is 7. The zero-order valence-corrected chi connectivity index (χ0v) is 15.1. The molecule has 0 atom stereocenters. The Kier molecular flexibility index (Phi) is 4.49. The van der Waals surface area contributed by atoms with Crippen LogP contribution in [0.4, 0.5) is 16.4 Å². The van der Waals surface area contributed by atoms with Gasteiger partial charge in [-0.1, -0.05) is 12.1 Å². The van der Waals surface area contributed by atoms with Crippen LogP contribution in [0.5, 0.6) is 0 Å². The van der Waals surface area contributed by atoms with E-state index in [4.69, 9.17) is 10.5 Å². The number of aromatic nitrogens is 4. The third-order valence-corrected chi connectivity index (χ3v) is 4.53. The Balaban J connectivity index is 1.55. The first-order valence-corrected chi connectivity index (χ1v) is 8.90. The van der Waals surface area contributed by atoms with E-state index in [9.17, 15) is 4.79 Å². The highest BCUT2D eigenvalue weighted by atomic mass is 16.6. The number of rotatable bonds is 3. The van der Waals surface area contributed by atoms with Crippen LogP contribution < -0.4 is 10.6 Å². The van der Waals surface area contributed by atoms with Gasteiger partial charge in [-0.3, -0.25) is 0 Å². The Bertz CT molecular complexity index is 930. The number of nitrogens with two attached hydrogens (primary N) is 1. The van der Waals surface area contributed by atoms with E-state index in [1.807, 2.05) is 24.3 Å². The summed E-state index contributed by atoms with van der Waals surface area (Å²) in [6.07, 6.45) is 1.38. The molecule has 0 spiro atoms. The molecule has 0 unspecified atom stereocenters. The molecule has 27 heavy (non-hydrogen) atoms. The van der Waals surface area contributed by atoms with Gasteiger partial charge in [-0.05, 0) is 19.1 Å². The molecule has 4 rings (SSSR count). The van der Waals surface area contributed by atoms with Crippen LogP contribution >= 0.6 is 0 Å². The van der Waals surface area contributed by atoms with E-state index < -0.39 is 0 Å². The fraction of sp³-hybridized carbons (Fsp3) is 0.333. The monoisotopic (exact) mass is 367 g/mol. The topological polar surface area (TPSA) is 113 Å². The summed E-state index contributed by atoms with van der Waals surface area (Å²) in [4.78, 5) is 32.4. The first kappa shape index (κ1) is 17.1. The molecule has 140 valence electrons. The zero-order chi connectivity index (χ0) is 18.8. The van der Waals surface area contributed by atoms with Crippen molar-refractivity contribution in [2.45, 2.75) is 6.92 Å². The number of nitrogens with zero attached hydrogens (tertiary/aromatic N) is 5. The van der Waals surface area contributed by atoms with Gasteiger partial charge in [-0.2, -0.15) is 0 Å². The third kappa shape index (κ3) is 3.35. The van der Waals surface area contributed by atoms with E-state index in [1.54, 1.807) is 18.0 Å². The molecule has 9 heteroatoms. The number of piperazine rings is 1. The lowest BCUT2D eigenvalue weighted by Crippen LogP contribution is -2.49. The van der Waals surface area contributed by atoms with Crippen molar-refractivity contribution in [2.24, 2.45) is 0 Å². The maximum absolute atomic E-state index is 11.8. The number of benzene rings is 1. The van der Waals surface area contributed by atoms with Gasteiger partial charge in [-0.15, -0.1) is 0 Å². The van der Waals surface area contributed by atoms with Crippen LogP contribution in [-0.2, 0) is 4.74 Å². The van der Waals surface area contributed by atoms with Gasteiger partial charge in [0.25, 0.3) is 0 Å². The number of para-hydroxylation sites is 2. The summed E-state index contributed by atoms with van der Waals surface area (Å²) >= 11 is 0. The van der Waals surface area contributed by atoms with Gasteiger partial charge < -0.3 is 25.3 Å². The Hall–Kier alpha value is -3.36. The van der Waals surface area contributed by atoms with Crippen molar-refractivity contribution in [3.05, 3.63) is 30.5 Å². The smallest absolute Gasteiger partial charge is 0.409 e. The maximum atomic E-state index is 11.8. The van der Waals surface area contributed by atoms with E-state index >= 15 is 0 Å². The number of anilines is 2. The normalized spacial score (nSPS) is 14.6. The summed E-state index contributed by atoms with van der Waals surface area (Å²) in [5.74, 6) is 1.62. The number of fused-ring (bicyclic) bond motifs is 1. The first-order valence-electron chi connectivity index (χ1n) is 8.90. The van der Waals surface area contributed by atoms with E-state index in [1.165, 1.54) is 0 Å². The summed E-state index contributed by atoms with van der Waals surface area (Å²) < 4.78 is 5.06. The minimum absolute atomic E-state index is 0.275. The lowest BCUT2D eigenvalue weighted by molar-refractivity contribution is 0.105. The van der Waals surface area contributed by atoms with Gasteiger partial charge in [0, 0.05) is 26.2 Å². The first-order chi connectivity index (χ1) is 13.2. The molecule has 3 aromatic rings. The molecule has 1 aliphatic rings. The van der Waals surface area contributed by atoms with E-state index in [2.05, 4.69) is 24.8 Å². The number of nitrogens with one attached hydrogen (secondary N) is 1. The number of amides is 1. The standard InChI is InChI=1S/C18H21N7O2/c1-2-27-18(26)25-9-7-24(8-10-25)14-11-20-16(19)15(23-14)17-21-12-5-3-4-6-13(12)22-17/h3-6,11H,2,7-10H2,1H3,(H2,19,20)(H,21,22). The van der Waals surface area contributed by atoms with Crippen molar-refractivity contribution >= 4 is 28.8 Å². The number of nitrogen functional groups attached to an aromatic ring is 1. The fourth-order valence-corrected chi connectivity index (χ4v) is 3.11. The quantitative estimate of drug-likeness (QED) is 0.726. The largest absolute Gasteiger partial charge is 0.450 e. The fourth-order valence-electron chi connectivity index (χ4n) is 3.11. The molecule has 1 fully saturated rings. The number of hydrogen-bond donors (Lipinski definition) is 2. The van der Waals surface area contributed by atoms with Gasteiger partial charge in [-0.25, -0.2) is 19.7 Å². The molecule has 0 bridgehead atoms. The van der Waals surface area contributed by atoms with Gasteiger partial charge in [0.1, 0.15) is 5.82 Å². The third-order valence-electron chi connectivity index (χ3n) is 4.53. The highest BCUT2D eigenvalue weighted by Crippen LogP contribution is 2.25. The second kappa shape index (κ2) is 7.10. The summed E-state index contributed by atoms with van der Waals surface area (Å²) in [5, 5.41) is 0. The molecule has 1 amide bonds. The lowest BCUT2D eigenvalue weighted by atomic mass is 10.3. The number of H-pyrrole nitrogens is 1. The van der Waals surface area contributed by atoms with Crippen molar-refractivity contribution in [3.8, 4) is 11.5 Å². The SMILES string of the molecule is CCOC(=O)N1CCN(c2cnc(N)c(-c3nc4ccccc4[nH]3)n2)CC1. The number of ether oxygens (including phenoxy) is 1. The number of aromatic amines is 1. The Morgan fingerprint density at radius 3 is 2.74 bits per heavy atom. The minimum Gasteiger partial charge on any atom is -0.450 e. The molecule has 9 nitrogen and oxygen atoms in total. The second-order valence-electron chi connectivity index (χ2n) is 6.24. The van der Waals surface area contributed by atoms with Gasteiger partial charge in [0.05, 0.1) is 23.8 Å². The highest BCUT2D eigenvalue weighted by Gasteiger charge is 2.23. The molecule has 3 N–H and O–H groups in total. The van der Waals surface area contributed by atoms with Gasteiger partial charge >= 0.3 is 6.09 Å². The molecule has 3 heterocycles. The summed E-state index contributed by atoms with van der Waals surface area (Å²) in [5.41, 5.74) is 8.34. The Morgan fingerprint density at radius 1 is 1.22 bits per heavy atom. The number of carbonyl (C=O) groups is 1. The van der Waals surface area contributed by atoms with Crippen LogP contribution in [0.15, 0.2) is 30.5 Å². The van der Waals surface area contributed by atoms with Crippen molar-refractivity contribution in [3.63, 3.8) is 0 Å². The molecule has 1 aliphatic heterocycles. The van der Waals surface area contributed by atoms with Crippen LogP contribution in [0, 0.1) is 0 Å². The molecule has 2 aromatic heterocycles. The molecule has 1 saturated heterocycles. The van der Waals surface area contributed by atoms with Crippen molar-refractivity contribution in [2.75, 3.05) is 43.4 Å². The van der Waals surface area contributed by atoms with Crippen LogP contribution in [0.3, 0.4) is 0 Å².